The summed E-state index contributed by atoms with van der Waals surface area (Å²) in [7, 11) is 1.89. The van der Waals surface area contributed by atoms with Crippen LogP contribution in [0.4, 0.5) is 0 Å². The fourth-order valence-electron chi connectivity index (χ4n) is 3.13. The Labute approximate surface area is 140 Å². The summed E-state index contributed by atoms with van der Waals surface area (Å²) >= 11 is 0. The number of nitrogens with zero attached hydrogens (tertiary/aromatic N) is 4. The van der Waals surface area contributed by atoms with Crippen LogP contribution in [0.25, 0.3) is 5.69 Å². The van der Waals surface area contributed by atoms with Crippen molar-refractivity contribution in [3.8, 4) is 5.69 Å². The molecule has 0 spiro atoms. The van der Waals surface area contributed by atoms with Gasteiger partial charge >= 0.3 is 0 Å². The van der Waals surface area contributed by atoms with Crippen LogP contribution in [-0.2, 0) is 0 Å². The van der Waals surface area contributed by atoms with Crippen molar-refractivity contribution in [2.75, 3.05) is 7.05 Å². The van der Waals surface area contributed by atoms with Crippen LogP contribution in [0.2, 0.25) is 0 Å². The van der Waals surface area contributed by atoms with Gasteiger partial charge in [0.05, 0.1) is 18.1 Å². The highest BCUT2D eigenvalue weighted by Gasteiger charge is 2.43. The number of hydrogen-bond acceptors (Lipinski definition) is 3. The van der Waals surface area contributed by atoms with Crippen LogP contribution in [0, 0.1) is 0 Å². The highest BCUT2D eigenvalue weighted by Crippen LogP contribution is 2.44. The quantitative estimate of drug-likeness (QED) is 0.743. The van der Waals surface area contributed by atoms with Crippen LogP contribution in [0.5, 0.6) is 0 Å². The third kappa shape index (κ3) is 2.69. The van der Waals surface area contributed by atoms with Crippen LogP contribution in [0.3, 0.4) is 0 Å². The number of amides is 1. The van der Waals surface area contributed by atoms with Gasteiger partial charge in [-0.05, 0) is 36.2 Å². The number of carbonyl (C=O) groups is 1. The molecule has 1 aromatic heterocycles. The van der Waals surface area contributed by atoms with E-state index in [1.165, 1.54) is 5.56 Å². The molecule has 1 aliphatic rings. The molecule has 0 radical (unpaired) electrons. The van der Waals surface area contributed by atoms with Crippen molar-refractivity contribution in [2.45, 2.75) is 18.4 Å². The number of hydrogen-bond donors (Lipinski definition) is 0. The lowest BCUT2D eigenvalue weighted by Crippen LogP contribution is -2.29. The fourth-order valence-corrected chi connectivity index (χ4v) is 3.13. The molecule has 5 nitrogen and oxygen atoms in total. The first-order valence-electron chi connectivity index (χ1n) is 8.03. The maximum absolute atomic E-state index is 12.7. The van der Waals surface area contributed by atoms with E-state index in [9.17, 15) is 4.79 Å². The molecule has 1 fully saturated rings. The van der Waals surface area contributed by atoms with Crippen molar-refractivity contribution in [3.63, 3.8) is 0 Å². The van der Waals surface area contributed by atoms with Gasteiger partial charge in [0, 0.05) is 24.6 Å². The molecule has 2 atom stereocenters. The number of benzene rings is 2. The van der Waals surface area contributed by atoms with Gasteiger partial charge in [-0.3, -0.25) is 4.79 Å². The lowest BCUT2D eigenvalue weighted by Gasteiger charge is -2.18. The standard InChI is InChI=1S/C19H18N4O/c1-22(18-13-17(18)14-5-3-2-4-6-14)19(24)15-7-9-16(10-8-15)23-12-11-20-21-23/h2-12,17-18H,13H2,1H3. The molecule has 0 aliphatic heterocycles. The molecular weight excluding hydrogens is 300 g/mol. The average Bonchev–Trinajstić information content (AvgIpc) is 3.26. The van der Waals surface area contributed by atoms with Crippen molar-refractivity contribution in [1.82, 2.24) is 19.9 Å². The van der Waals surface area contributed by atoms with E-state index >= 15 is 0 Å². The van der Waals surface area contributed by atoms with Crippen molar-refractivity contribution in [1.29, 1.82) is 0 Å². The predicted octanol–water partition coefficient (Wildman–Crippen LogP) is 2.90. The van der Waals surface area contributed by atoms with E-state index in [1.54, 1.807) is 17.1 Å². The zero-order chi connectivity index (χ0) is 16.5. The summed E-state index contributed by atoms with van der Waals surface area (Å²) in [6.45, 7) is 0. The van der Waals surface area contributed by atoms with Gasteiger partial charge < -0.3 is 4.90 Å². The first kappa shape index (κ1) is 14.6. The summed E-state index contributed by atoms with van der Waals surface area (Å²) in [6.07, 6.45) is 4.44. The molecule has 3 aromatic rings. The van der Waals surface area contributed by atoms with Gasteiger partial charge in [0.15, 0.2) is 0 Å². The molecule has 24 heavy (non-hydrogen) atoms. The van der Waals surface area contributed by atoms with Crippen LogP contribution in [0.15, 0.2) is 67.0 Å². The second-order valence-corrected chi connectivity index (χ2v) is 6.13. The Bertz CT molecular complexity index is 828. The Morgan fingerprint density at radius 3 is 2.54 bits per heavy atom. The number of carbonyl (C=O) groups excluding carboxylic acids is 1. The van der Waals surface area contributed by atoms with E-state index < -0.39 is 0 Å². The maximum Gasteiger partial charge on any atom is 0.253 e. The SMILES string of the molecule is CN(C(=O)c1ccc(-n2ccnn2)cc1)C1CC1c1ccccc1. The average molecular weight is 318 g/mol. The highest BCUT2D eigenvalue weighted by molar-refractivity contribution is 5.94. The van der Waals surface area contributed by atoms with Crippen LogP contribution in [0.1, 0.15) is 28.3 Å². The lowest BCUT2D eigenvalue weighted by atomic mass is 10.1. The zero-order valence-electron chi connectivity index (χ0n) is 13.4. The van der Waals surface area contributed by atoms with E-state index in [2.05, 4.69) is 34.6 Å². The summed E-state index contributed by atoms with van der Waals surface area (Å²) in [5, 5.41) is 7.74. The van der Waals surface area contributed by atoms with E-state index in [1.807, 2.05) is 42.3 Å². The Morgan fingerprint density at radius 1 is 1.12 bits per heavy atom. The second-order valence-electron chi connectivity index (χ2n) is 6.13. The predicted molar refractivity (Wildman–Crippen MR) is 91.0 cm³/mol. The summed E-state index contributed by atoms with van der Waals surface area (Å²) in [6, 6.07) is 18.1. The summed E-state index contributed by atoms with van der Waals surface area (Å²) in [5.74, 6) is 0.512. The molecule has 2 unspecified atom stereocenters. The number of rotatable bonds is 4. The van der Waals surface area contributed by atoms with E-state index in [0.29, 0.717) is 11.5 Å². The molecule has 1 amide bonds. The smallest absolute Gasteiger partial charge is 0.253 e. The largest absolute Gasteiger partial charge is 0.338 e. The van der Waals surface area contributed by atoms with Crippen LogP contribution in [-0.4, -0.2) is 38.9 Å². The Balaban J connectivity index is 1.46. The topological polar surface area (TPSA) is 51.0 Å². The van der Waals surface area contributed by atoms with Crippen molar-refractivity contribution in [2.24, 2.45) is 0 Å². The second kappa shape index (κ2) is 5.92. The minimum atomic E-state index is 0.0589. The molecular formula is C19H18N4O. The van der Waals surface area contributed by atoms with Gasteiger partial charge in [-0.1, -0.05) is 35.5 Å². The summed E-state index contributed by atoms with van der Waals surface area (Å²) in [4.78, 5) is 14.6. The number of likely N-dealkylation sites (N-methyl/N-ethyl adjacent to an activating group) is 1. The fraction of sp³-hybridized carbons (Fsp3) is 0.211. The summed E-state index contributed by atoms with van der Waals surface area (Å²) in [5.41, 5.74) is 2.89. The van der Waals surface area contributed by atoms with Gasteiger partial charge in [-0.25, -0.2) is 4.68 Å². The third-order valence-corrected chi connectivity index (χ3v) is 4.60. The molecule has 0 N–H and O–H groups in total. The van der Waals surface area contributed by atoms with Crippen molar-refractivity contribution < 1.29 is 4.79 Å². The molecule has 5 heteroatoms. The minimum Gasteiger partial charge on any atom is -0.338 e. The normalized spacial score (nSPS) is 19.0. The van der Waals surface area contributed by atoms with Gasteiger partial charge in [-0.15, -0.1) is 5.10 Å². The molecule has 1 aliphatic carbocycles. The zero-order valence-corrected chi connectivity index (χ0v) is 13.4. The summed E-state index contributed by atoms with van der Waals surface area (Å²) < 4.78 is 1.67. The minimum absolute atomic E-state index is 0.0589. The van der Waals surface area contributed by atoms with Crippen molar-refractivity contribution >= 4 is 5.91 Å². The van der Waals surface area contributed by atoms with E-state index in [-0.39, 0.29) is 11.9 Å². The van der Waals surface area contributed by atoms with Crippen LogP contribution < -0.4 is 0 Å². The molecule has 2 aromatic carbocycles. The van der Waals surface area contributed by atoms with Gasteiger partial charge in [-0.2, -0.15) is 0 Å². The molecule has 0 saturated heterocycles. The van der Waals surface area contributed by atoms with Crippen molar-refractivity contribution in [3.05, 3.63) is 78.1 Å². The Morgan fingerprint density at radius 2 is 1.88 bits per heavy atom. The molecule has 0 bridgehead atoms. The highest BCUT2D eigenvalue weighted by atomic mass is 16.2. The monoisotopic (exact) mass is 318 g/mol. The van der Waals surface area contributed by atoms with Crippen LogP contribution >= 0.6 is 0 Å². The first-order chi connectivity index (χ1) is 11.7. The third-order valence-electron chi connectivity index (χ3n) is 4.60. The van der Waals surface area contributed by atoms with Gasteiger partial charge in [0.2, 0.25) is 0 Å². The molecule has 1 heterocycles. The number of aromatic nitrogens is 3. The van der Waals surface area contributed by atoms with E-state index in [4.69, 9.17) is 0 Å². The first-order valence-corrected chi connectivity index (χ1v) is 8.03. The van der Waals surface area contributed by atoms with Gasteiger partial charge in [0.1, 0.15) is 0 Å². The molecule has 120 valence electrons. The van der Waals surface area contributed by atoms with Gasteiger partial charge in [0.25, 0.3) is 5.91 Å². The molecule has 4 rings (SSSR count). The van der Waals surface area contributed by atoms with E-state index in [0.717, 1.165) is 12.1 Å². The lowest BCUT2D eigenvalue weighted by molar-refractivity contribution is 0.0782. The molecule has 1 saturated carbocycles. The Kier molecular flexibility index (Phi) is 3.61. The Hall–Kier alpha value is -2.95. The maximum atomic E-state index is 12.7.